The molecule has 5 nitrogen and oxygen atoms in total. The molecule has 0 saturated carbocycles. The number of nitrogens with zero attached hydrogens (tertiary/aromatic N) is 3. The molecular weight excluding hydrogens is 271 g/mol. The number of hydrogen-bond acceptors (Lipinski definition) is 4. The Bertz CT molecular complexity index is 680. The molecule has 21 heavy (non-hydrogen) atoms. The molecule has 112 valence electrons. The Morgan fingerprint density at radius 2 is 2.05 bits per heavy atom. The van der Waals surface area contributed by atoms with Gasteiger partial charge in [0.05, 0.1) is 24.1 Å². The second kappa shape index (κ2) is 6.39. The fourth-order valence-corrected chi connectivity index (χ4v) is 2.19. The lowest BCUT2D eigenvalue weighted by Crippen LogP contribution is -2.28. The Balaban J connectivity index is 2.30. The van der Waals surface area contributed by atoms with Gasteiger partial charge >= 0.3 is 0 Å². The van der Waals surface area contributed by atoms with E-state index in [1.807, 2.05) is 18.7 Å². The zero-order chi connectivity index (χ0) is 15.4. The number of nitrogens with two attached hydrogens (primary N) is 1. The van der Waals surface area contributed by atoms with E-state index in [-0.39, 0.29) is 17.8 Å². The highest BCUT2D eigenvalue weighted by Gasteiger charge is 2.09. The molecule has 0 aliphatic heterocycles. The van der Waals surface area contributed by atoms with E-state index in [2.05, 4.69) is 5.10 Å². The topological polar surface area (TPSA) is 64.2 Å². The number of halogens is 1. The van der Waals surface area contributed by atoms with Gasteiger partial charge in [0.25, 0.3) is 5.56 Å². The van der Waals surface area contributed by atoms with E-state index in [0.717, 1.165) is 18.8 Å². The van der Waals surface area contributed by atoms with Gasteiger partial charge in [0, 0.05) is 24.7 Å². The van der Waals surface area contributed by atoms with Crippen LogP contribution < -0.4 is 16.2 Å². The molecule has 1 heterocycles. The molecule has 0 aliphatic rings. The van der Waals surface area contributed by atoms with Gasteiger partial charge < -0.3 is 10.6 Å². The Labute approximate surface area is 122 Å². The first kappa shape index (κ1) is 15.0. The Hall–Kier alpha value is -2.37. The number of hydrogen-bond donors (Lipinski definition) is 1. The monoisotopic (exact) mass is 290 g/mol. The van der Waals surface area contributed by atoms with Crippen LogP contribution in [-0.4, -0.2) is 22.9 Å². The fourth-order valence-electron chi connectivity index (χ4n) is 2.19. The quantitative estimate of drug-likeness (QED) is 0.854. The van der Waals surface area contributed by atoms with Crippen LogP contribution in [0.25, 0.3) is 0 Å². The van der Waals surface area contributed by atoms with Gasteiger partial charge in [-0.15, -0.1) is 0 Å². The minimum atomic E-state index is -0.501. The van der Waals surface area contributed by atoms with Crippen LogP contribution in [-0.2, 0) is 6.54 Å². The smallest absolute Gasteiger partial charge is 0.269 e. The molecule has 2 N–H and O–H groups in total. The number of nitrogen functional groups attached to an aromatic ring is 1. The minimum Gasteiger partial charge on any atom is -0.396 e. The summed E-state index contributed by atoms with van der Waals surface area (Å²) >= 11 is 0. The van der Waals surface area contributed by atoms with Crippen LogP contribution in [0, 0.1) is 5.82 Å². The average Bonchev–Trinajstić information content (AvgIpc) is 2.47. The van der Waals surface area contributed by atoms with Gasteiger partial charge in [-0.3, -0.25) is 4.79 Å². The molecule has 2 aromatic rings. The third-order valence-electron chi connectivity index (χ3n) is 3.41. The highest BCUT2D eigenvalue weighted by atomic mass is 19.1. The van der Waals surface area contributed by atoms with Crippen molar-refractivity contribution in [3.8, 4) is 0 Å². The predicted molar refractivity (Wildman–Crippen MR) is 82.0 cm³/mol. The van der Waals surface area contributed by atoms with Crippen LogP contribution in [0.4, 0.5) is 15.8 Å². The molecule has 0 atom stereocenters. The lowest BCUT2D eigenvalue weighted by Gasteiger charge is -2.20. The summed E-state index contributed by atoms with van der Waals surface area (Å²) in [6.45, 7) is 5.68. The van der Waals surface area contributed by atoms with Crippen molar-refractivity contribution < 1.29 is 4.39 Å². The molecule has 0 unspecified atom stereocenters. The van der Waals surface area contributed by atoms with Crippen molar-refractivity contribution in [3.05, 3.63) is 52.2 Å². The first-order valence-corrected chi connectivity index (χ1v) is 6.91. The van der Waals surface area contributed by atoms with Gasteiger partial charge in [0.2, 0.25) is 0 Å². The van der Waals surface area contributed by atoms with Crippen LogP contribution >= 0.6 is 0 Å². The molecule has 0 radical (unpaired) electrons. The lowest BCUT2D eigenvalue weighted by molar-refractivity contribution is 0.575. The van der Waals surface area contributed by atoms with E-state index in [1.54, 1.807) is 18.3 Å². The highest BCUT2D eigenvalue weighted by molar-refractivity contribution is 5.44. The second-order valence-corrected chi connectivity index (χ2v) is 4.70. The van der Waals surface area contributed by atoms with Crippen molar-refractivity contribution in [1.29, 1.82) is 0 Å². The van der Waals surface area contributed by atoms with E-state index >= 15 is 0 Å². The molecule has 0 aliphatic carbocycles. The molecule has 1 aromatic carbocycles. The van der Waals surface area contributed by atoms with Crippen LogP contribution in [0.2, 0.25) is 0 Å². The largest absolute Gasteiger partial charge is 0.396 e. The normalized spacial score (nSPS) is 10.6. The first-order chi connectivity index (χ1) is 10.1. The summed E-state index contributed by atoms with van der Waals surface area (Å²) < 4.78 is 15.1. The average molecular weight is 290 g/mol. The van der Waals surface area contributed by atoms with Gasteiger partial charge in [-0.1, -0.05) is 12.1 Å². The zero-order valence-electron chi connectivity index (χ0n) is 12.2. The summed E-state index contributed by atoms with van der Waals surface area (Å²) in [6, 6.07) is 6.25. The van der Waals surface area contributed by atoms with Crippen LogP contribution in [0.3, 0.4) is 0 Å². The molecule has 6 heteroatoms. The van der Waals surface area contributed by atoms with Crippen molar-refractivity contribution >= 4 is 11.4 Å². The van der Waals surface area contributed by atoms with Gasteiger partial charge in [0.1, 0.15) is 0 Å². The molecule has 0 fully saturated rings. The minimum absolute atomic E-state index is 0.0637. The molecule has 1 aromatic heterocycles. The predicted octanol–water partition coefficient (Wildman–Crippen LogP) is 1.86. The van der Waals surface area contributed by atoms with E-state index in [4.69, 9.17) is 5.73 Å². The number of benzene rings is 1. The zero-order valence-corrected chi connectivity index (χ0v) is 12.2. The summed E-state index contributed by atoms with van der Waals surface area (Å²) in [5.74, 6) is -0.501. The van der Waals surface area contributed by atoms with E-state index in [1.165, 1.54) is 16.8 Å². The lowest BCUT2D eigenvalue weighted by atomic mass is 10.2. The van der Waals surface area contributed by atoms with Gasteiger partial charge in [0.15, 0.2) is 5.82 Å². The molecule has 0 amide bonds. The Morgan fingerprint density at radius 3 is 2.67 bits per heavy atom. The third-order valence-corrected chi connectivity index (χ3v) is 3.41. The van der Waals surface area contributed by atoms with Gasteiger partial charge in [-0.25, -0.2) is 9.07 Å². The van der Waals surface area contributed by atoms with Gasteiger partial charge in [-0.2, -0.15) is 5.10 Å². The molecule has 0 saturated heterocycles. The Kier molecular flexibility index (Phi) is 4.57. The second-order valence-electron chi connectivity index (χ2n) is 4.70. The molecule has 0 spiro atoms. The summed E-state index contributed by atoms with van der Waals surface area (Å²) in [6.07, 6.45) is 1.62. The van der Waals surface area contributed by atoms with E-state index in [9.17, 15) is 9.18 Å². The van der Waals surface area contributed by atoms with Crippen molar-refractivity contribution in [2.45, 2.75) is 20.4 Å². The SMILES string of the molecule is CCN(CC)c1cnn(Cc2cccc(N)c2F)c(=O)c1. The summed E-state index contributed by atoms with van der Waals surface area (Å²) in [7, 11) is 0. The maximum absolute atomic E-state index is 13.9. The van der Waals surface area contributed by atoms with Crippen LogP contribution in [0.1, 0.15) is 19.4 Å². The Morgan fingerprint density at radius 1 is 1.33 bits per heavy atom. The fraction of sp³-hybridized carbons (Fsp3) is 0.333. The van der Waals surface area contributed by atoms with E-state index in [0.29, 0.717) is 5.56 Å². The highest BCUT2D eigenvalue weighted by Crippen LogP contribution is 2.15. The van der Waals surface area contributed by atoms with Crippen molar-refractivity contribution in [2.75, 3.05) is 23.7 Å². The number of anilines is 2. The van der Waals surface area contributed by atoms with Crippen molar-refractivity contribution in [1.82, 2.24) is 9.78 Å². The summed E-state index contributed by atoms with van der Waals surface area (Å²) in [5, 5.41) is 4.12. The van der Waals surface area contributed by atoms with Crippen molar-refractivity contribution in [2.24, 2.45) is 0 Å². The maximum atomic E-state index is 13.9. The summed E-state index contributed by atoms with van der Waals surface area (Å²) in [5.41, 5.74) is 6.45. The maximum Gasteiger partial charge on any atom is 0.269 e. The molecule has 2 rings (SSSR count). The first-order valence-electron chi connectivity index (χ1n) is 6.91. The molecular formula is C15H19FN4O. The summed E-state index contributed by atoms with van der Waals surface area (Å²) in [4.78, 5) is 14.1. The van der Waals surface area contributed by atoms with Crippen LogP contribution in [0.15, 0.2) is 35.3 Å². The molecule has 0 bridgehead atoms. The van der Waals surface area contributed by atoms with E-state index < -0.39 is 5.82 Å². The van der Waals surface area contributed by atoms with Crippen LogP contribution in [0.5, 0.6) is 0 Å². The standard InChI is InChI=1S/C15H19FN4O/c1-3-19(4-2)12-8-14(21)20(18-9-12)10-11-6-5-7-13(17)15(11)16/h5-9H,3-4,10,17H2,1-2H3. The number of aromatic nitrogens is 2. The third kappa shape index (κ3) is 3.21. The number of rotatable bonds is 5. The van der Waals surface area contributed by atoms with Gasteiger partial charge in [-0.05, 0) is 19.9 Å². The van der Waals surface area contributed by atoms with Crippen molar-refractivity contribution in [3.63, 3.8) is 0 Å².